The van der Waals surface area contributed by atoms with Crippen LogP contribution in [0.2, 0.25) is 0 Å². The van der Waals surface area contributed by atoms with Crippen molar-refractivity contribution >= 4 is 11.7 Å². The lowest BCUT2D eigenvalue weighted by Gasteiger charge is -2.41. The Morgan fingerprint density at radius 1 is 1.32 bits per heavy atom. The van der Waals surface area contributed by atoms with Crippen molar-refractivity contribution < 1.29 is 9.90 Å². The molecule has 1 saturated heterocycles. The first-order chi connectivity index (χ1) is 12.1. The number of pyridine rings is 2. The maximum Gasteiger partial charge on any atom is 0.226 e. The van der Waals surface area contributed by atoms with Crippen LogP contribution in [-0.4, -0.2) is 58.2 Å². The molecule has 0 aromatic carbocycles. The molecule has 0 aliphatic carbocycles. The van der Waals surface area contributed by atoms with Gasteiger partial charge in [-0.15, -0.1) is 0 Å². The molecule has 0 saturated carbocycles. The summed E-state index contributed by atoms with van der Waals surface area (Å²) < 4.78 is 0. The molecule has 3 heterocycles. The largest absolute Gasteiger partial charge is 0.386 e. The van der Waals surface area contributed by atoms with Crippen LogP contribution in [0.4, 0.5) is 5.82 Å². The van der Waals surface area contributed by atoms with Gasteiger partial charge in [0.2, 0.25) is 5.91 Å². The van der Waals surface area contributed by atoms with Gasteiger partial charge in [0.15, 0.2) is 0 Å². The van der Waals surface area contributed by atoms with Gasteiger partial charge in [-0.05, 0) is 36.6 Å². The maximum atomic E-state index is 12.4. The molecule has 1 fully saturated rings. The number of hydrogen-bond acceptors (Lipinski definition) is 5. The smallest absolute Gasteiger partial charge is 0.226 e. The molecule has 1 N–H and O–H groups in total. The lowest BCUT2D eigenvalue weighted by atomic mass is 9.92. The van der Waals surface area contributed by atoms with Gasteiger partial charge in [-0.1, -0.05) is 12.1 Å². The van der Waals surface area contributed by atoms with E-state index in [2.05, 4.69) is 14.9 Å². The SMILES string of the molecule is CN(CC1(O)CCCN(c2ccccn2)C1)C(=O)Cc1cccnc1. The van der Waals surface area contributed by atoms with E-state index in [-0.39, 0.29) is 5.91 Å². The van der Waals surface area contributed by atoms with Gasteiger partial charge >= 0.3 is 0 Å². The van der Waals surface area contributed by atoms with Gasteiger partial charge in [-0.25, -0.2) is 4.98 Å². The van der Waals surface area contributed by atoms with Gasteiger partial charge in [-0.3, -0.25) is 9.78 Å². The van der Waals surface area contributed by atoms with Crippen LogP contribution in [0.5, 0.6) is 0 Å². The summed E-state index contributed by atoms with van der Waals surface area (Å²) in [6.07, 6.45) is 6.99. The van der Waals surface area contributed by atoms with Gasteiger partial charge in [0, 0.05) is 38.7 Å². The molecule has 1 atom stereocenters. The number of carbonyl (C=O) groups excluding carboxylic acids is 1. The van der Waals surface area contributed by atoms with Crippen LogP contribution in [0.15, 0.2) is 48.9 Å². The fourth-order valence-corrected chi connectivity index (χ4v) is 3.32. The zero-order valence-electron chi connectivity index (χ0n) is 14.5. The number of amides is 1. The minimum Gasteiger partial charge on any atom is -0.386 e. The quantitative estimate of drug-likeness (QED) is 0.893. The van der Waals surface area contributed by atoms with Gasteiger partial charge in [-0.2, -0.15) is 0 Å². The van der Waals surface area contributed by atoms with Gasteiger partial charge in [0.05, 0.1) is 18.6 Å². The Kier molecular flexibility index (Phi) is 5.28. The zero-order chi connectivity index (χ0) is 17.7. The Morgan fingerprint density at radius 2 is 2.20 bits per heavy atom. The fourth-order valence-electron chi connectivity index (χ4n) is 3.32. The molecule has 6 heteroatoms. The zero-order valence-corrected chi connectivity index (χ0v) is 14.5. The number of nitrogens with zero attached hydrogens (tertiary/aromatic N) is 4. The Balaban J connectivity index is 1.61. The molecule has 1 aliphatic heterocycles. The Labute approximate surface area is 148 Å². The summed E-state index contributed by atoms with van der Waals surface area (Å²) in [4.78, 5) is 24.5. The van der Waals surface area contributed by atoms with Crippen molar-refractivity contribution in [3.63, 3.8) is 0 Å². The van der Waals surface area contributed by atoms with Crippen LogP contribution in [0.1, 0.15) is 18.4 Å². The predicted octanol–water partition coefficient (Wildman–Crippen LogP) is 1.51. The highest BCUT2D eigenvalue weighted by Crippen LogP contribution is 2.25. The summed E-state index contributed by atoms with van der Waals surface area (Å²) in [6.45, 7) is 1.66. The van der Waals surface area contributed by atoms with E-state index in [9.17, 15) is 9.90 Å². The number of aromatic nitrogens is 2. The average molecular weight is 340 g/mol. The highest BCUT2D eigenvalue weighted by atomic mass is 16.3. The number of likely N-dealkylation sites (N-methyl/N-ethyl adjacent to an activating group) is 1. The molecule has 6 nitrogen and oxygen atoms in total. The molecule has 1 aliphatic rings. The summed E-state index contributed by atoms with van der Waals surface area (Å²) in [7, 11) is 1.75. The summed E-state index contributed by atoms with van der Waals surface area (Å²) in [5, 5.41) is 11.0. The summed E-state index contributed by atoms with van der Waals surface area (Å²) >= 11 is 0. The van der Waals surface area contributed by atoms with Gasteiger partial charge in [0.25, 0.3) is 0 Å². The standard InChI is InChI=1S/C19H24N4O2/c1-22(18(24)12-16-6-4-9-20-13-16)14-19(25)8-5-11-23(15-19)17-7-2-3-10-21-17/h2-4,6-7,9-10,13,25H,5,8,11-12,14-15H2,1H3. The van der Waals surface area contributed by atoms with Crippen LogP contribution in [-0.2, 0) is 11.2 Å². The Morgan fingerprint density at radius 3 is 2.92 bits per heavy atom. The first-order valence-electron chi connectivity index (χ1n) is 8.57. The van der Waals surface area contributed by atoms with Crippen molar-refractivity contribution in [1.29, 1.82) is 0 Å². The minimum atomic E-state index is -0.922. The molecular formula is C19H24N4O2. The lowest BCUT2D eigenvalue weighted by molar-refractivity contribution is -0.132. The molecule has 3 rings (SSSR count). The Hall–Kier alpha value is -2.47. The molecule has 132 valence electrons. The molecule has 2 aromatic heterocycles. The third-order valence-electron chi connectivity index (χ3n) is 4.56. The van der Waals surface area contributed by atoms with Gasteiger partial charge < -0.3 is 14.9 Å². The number of carbonyl (C=O) groups is 1. The van der Waals surface area contributed by atoms with E-state index in [1.165, 1.54) is 0 Å². The number of rotatable bonds is 5. The molecule has 2 aromatic rings. The second-order valence-corrected chi connectivity index (χ2v) is 6.73. The number of aliphatic hydroxyl groups is 1. The molecule has 1 amide bonds. The second kappa shape index (κ2) is 7.61. The van der Waals surface area contributed by atoms with Crippen molar-refractivity contribution in [2.45, 2.75) is 24.9 Å². The van der Waals surface area contributed by atoms with Crippen LogP contribution in [0.25, 0.3) is 0 Å². The highest BCUT2D eigenvalue weighted by molar-refractivity contribution is 5.78. The highest BCUT2D eigenvalue weighted by Gasteiger charge is 2.35. The number of hydrogen-bond donors (Lipinski definition) is 1. The summed E-state index contributed by atoms with van der Waals surface area (Å²) in [5.74, 6) is 0.848. The van der Waals surface area contributed by atoms with E-state index in [0.29, 0.717) is 25.9 Å². The molecule has 0 radical (unpaired) electrons. The van der Waals surface area contributed by atoms with Crippen molar-refractivity contribution in [3.8, 4) is 0 Å². The van der Waals surface area contributed by atoms with Crippen LogP contribution in [0.3, 0.4) is 0 Å². The lowest BCUT2D eigenvalue weighted by Crippen LogP contribution is -2.55. The van der Waals surface area contributed by atoms with Crippen molar-refractivity contribution in [2.75, 3.05) is 31.6 Å². The molecule has 0 bridgehead atoms. The van der Waals surface area contributed by atoms with Crippen LogP contribution < -0.4 is 4.90 Å². The minimum absolute atomic E-state index is 0.0172. The van der Waals surface area contributed by atoms with E-state index < -0.39 is 5.60 Å². The molecule has 25 heavy (non-hydrogen) atoms. The topological polar surface area (TPSA) is 69.6 Å². The fraction of sp³-hybridized carbons (Fsp3) is 0.421. The van der Waals surface area contributed by atoms with E-state index in [1.807, 2.05) is 30.3 Å². The van der Waals surface area contributed by atoms with Crippen molar-refractivity contribution in [3.05, 3.63) is 54.5 Å². The first kappa shape index (κ1) is 17.4. The molecular weight excluding hydrogens is 316 g/mol. The van der Waals surface area contributed by atoms with Crippen LogP contribution in [0, 0.1) is 0 Å². The monoisotopic (exact) mass is 340 g/mol. The van der Waals surface area contributed by atoms with E-state index >= 15 is 0 Å². The molecule has 0 spiro atoms. The summed E-state index contributed by atoms with van der Waals surface area (Å²) in [5.41, 5.74) is -0.0418. The van der Waals surface area contributed by atoms with Crippen molar-refractivity contribution in [2.24, 2.45) is 0 Å². The van der Waals surface area contributed by atoms with E-state index in [4.69, 9.17) is 0 Å². The third kappa shape index (κ3) is 4.54. The number of piperidine rings is 1. The first-order valence-corrected chi connectivity index (χ1v) is 8.57. The Bertz CT molecular complexity index is 695. The van der Waals surface area contributed by atoms with Crippen LogP contribution >= 0.6 is 0 Å². The van der Waals surface area contributed by atoms with Crippen molar-refractivity contribution in [1.82, 2.24) is 14.9 Å². The van der Waals surface area contributed by atoms with E-state index in [0.717, 1.165) is 24.3 Å². The molecule has 1 unspecified atom stereocenters. The third-order valence-corrected chi connectivity index (χ3v) is 4.56. The normalized spacial score (nSPS) is 20.3. The second-order valence-electron chi connectivity index (χ2n) is 6.73. The maximum absolute atomic E-state index is 12.4. The average Bonchev–Trinajstić information content (AvgIpc) is 2.63. The van der Waals surface area contributed by atoms with E-state index in [1.54, 1.807) is 30.5 Å². The number of anilines is 1. The predicted molar refractivity (Wildman–Crippen MR) is 96.2 cm³/mol. The van der Waals surface area contributed by atoms with Gasteiger partial charge in [0.1, 0.15) is 5.82 Å². The summed E-state index contributed by atoms with van der Waals surface area (Å²) in [6, 6.07) is 9.48. The number of β-amino-alcohol motifs (C(OH)–C–C–N with tert-alkyl or cyclic N) is 1.